The quantitative estimate of drug-likeness (QED) is 0.332. The normalized spacial score (nSPS) is 16.9. The maximum absolute atomic E-state index is 10.8. The van der Waals surface area contributed by atoms with E-state index in [2.05, 4.69) is 32.4 Å². The van der Waals surface area contributed by atoms with Crippen molar-refractivity contribution in [2.24, 2.45) is 0 Å². The Morgan fingerprint density at radius 3 is 2.57 bits per heavy atom. The van der Waals surface area contributed by atoms with Crippen LogP contribution >= 0.6 is 0 Å². The number of aliphatic hydroxyl groups is 1. The summed E-state index contributed by atoms with van der Waals surface area (Å²) in [5.41, 5.74) is 1.06. The molecule has 3 aromatic carbocycles. The number of rotatable bonds is 6. The zero-order chi connectivity index (χ0) is 25.7. The summed E-state index contributed by atoms with van der Waals surface area (Å²) < 4.78 is 17.1. The van der Waals surface area contributed by atoms with E-state index in [1.807, 2.05) is 60.7 Å². The van der Waals surface area contributed by atoms with Crippen molar-refractivity contribution in [3.8, 4) is 34.8 Å². The molecule has 4 aromatic rings. The van der Waals surface area contributed by atoms with Gasteiger partial charge in [0.05, 0.1) is 25.3 Å². The van der Waals surface area contributed by atoms with Crippen LogP contribution in [0, 0.1) is 11.8 Å². The predicted molar refractivity (Wildman–Crippen MR) is 143 cm³/mol. The largest absolute Gasteiger partial charge is 0.495 e. The van der Waals surface area contributed by atoms with Crippen LogP contribution in [0.3, 0.4) is 0 Å². The number of fused-ring (bicyclic) bond motifs is 1. The Bertz CT molecular complexity index is 1460. The molecule has 1 unspecified atom stereocenters. The van der Waals surface area contributed by atoms with Crippen molar-refractivity contribution < 1.29 is 19.3 Å². The van der Waals surface area contributed by atoms with Crippen LogP contribution in [0.2, 0.25) is 0 Å². The minimum Gasteiger partial charge on any atom is -0.495 e. The third kappa shape index (κ3) is 5.59. The molecule has 1 aliphatic rings. The number of ether oxygens (including phenoxy) is 3. The van der Waals surface area contributed by atoms with Crippen molar-refractivity contribution in [2.45, 2.75) is 18.4 Å². The maximum atomic E-state index is 10.8. The molecule has 1 fully saturated rings. The molecule has 1 atom stereocenters. The third-order valence-electron chi connectivity index (χ3n) is 6.15. The Kier molecular flexibility index (Phi) is 7.08. The van der Waals surface area contributed by atoms with Gasteiger partial charge in [0.2, 0.25) is 0 Å². The van der Waals surface area contributed by atoms with Gasteiger partial charge in [0, 0.05) is 29.8 Å². The van der Waals surface area contributed by atoms with Crippen molar-refractivity contribution in [3.05, 3.63) is 72.6 Å². The number of piperidine rings is 1. The number of β-amino-alcohol motifs (C(OH)–C–C–N with tert-alkyl or cyclic N) is 1. The molecule has 1 saturated heterocycles. The SMILES string of the molecule is COc1cc2ncnc(Nc3ccc(Oc4ccccc4)c(OC)c3)c2cc1C#CC1(O)CCCNC1. The van der Waals surface area contributed by atoms with Gasteiger partial charge in [0.1, 0.15) is 29.2 Å². The van der Waals surface area contributed by atoms with Gasteiger partial charge in [-0.25, -0.2) is 9.97 Å². The Morgan fingerprint density at radius 1 is 0.973 bits per heavy atom. The van der Waals surface area contributed by atoms with Crippen molar-refractivity contribution in [1.82, 2.24) is 15.3 Å². The second kappa shape index (κ2) is 10.7. The van der Waals surface area contributed by atoms with E-state index in [4.69, 9.17) is 14.2 Å². The van der Waals surface area contributed by atoms with Crippen LogP contribution in [0.4, 0.5) is 11.5 Å². The first-order valence-electron chi connectivity index (χ1n) is 12.0. The van der Waals surface area contributed by atoms with Crippen LogP contribution in [-0.4, -0.2) is 48.0 Å². The Balaban J connectivity index is 1.46. The fourth-order valence-corrected chi connectivity index (χ4v) is 4.21. The van der Waals surface area contributed by atoms with Gasteiger partial charge in [0.15, 0.2) is 11.5 Å². The Morgan fingerprint density at radius 2 is 1.81 bits per heavy atom. The minimum absolute atomic E-state index is 0.442. The molecule has 37 heavy (non-hydrogen) atoms. The molecule has 8 nitrogen and oxygen atoms in total. The topological polar surface area (TPSA) is 97.8 Å². The van der Waals surface area contributed by atoms with Gasteiger partial charge < -0.3 is 30.0 Å². The van der Waals surface area contributed by atoms with E-state index in [9.17, 15) is 5.11 Å². The molecule has 0 radical (unpaired) electrons. The number of hydrogen-bond donors (Lipinski definition) is 3. The summed E-state index contributed by atoms with van der Waals surface area (Å²) in [6, 6.07) is 18.8. The van der Waals surface area contributed by atoms with Crippen LogP contribution < -0.4 is 24.8 Å². The lowest BCUT2D eigenvalue weighted by molar-refractivity contribution is 0.0736. The van der Waals surface area contributed by atoms with Gasteiger partial charge >= 0.3 is 0 Å². The van der Waals surface area contributed by atoms with Crippen LogP contribution in [-0.2, 0) is 0 Å². The molecule has 0 bridgehead atoms. The van der Waals surface area contributed by atoms with Gasteiger partial charge in [-0.15, -0.1) is 0 Å². The molecule has 0 aliphatic carbocycles. The van der Waals surface area contributed by atoms with E-state index in [1.54, 1.807) is 14.2 Å². The van der Waals surface area contributed by atoms with Crippen molar-refractivity contribution in [1.29, 1.82) is 0 Å². The first-order chi connectivity index (χ1) is 18.1. The van der Waals surface area contributed by atoms with E-state index in [1.165, 1.54) is 6.33 Å². The molecule has 188 valence electrons. The smallest absolute Gasteiger partial charge is 0.169 e. The van der Waals surface area contributed by atoms with Gasteiger partial charge in [-0.2, -0.15) is 0 Å². The fraction of sp³-hybridized carbons (Fsp3) is 0.241. The maximum Gasteiger partial charge on any atom is 0.169 e. The lowest BCUT2D eigenvalue weighted by Gasteiger charge is -2.27. The number of benzene rings is 3. The predicted octanol–water partition coefficient (Wildman–Crippen LogP) is 4.65. The van der Waals surface area contributed by atoms with Crippen LogP contribution in [0.1, 0.15) is 18.4 Å². The van der Waals surface area contributed by atoms with E-state index in [-0.39, 0.29) is 0 Å². The molecular weight excluding hydrogens is 468 g/mol. The molecular formula is C29H28N4O4. The lowest BCUT2D eigenvalue weighted by Crippen LogP contribution is -2.44. The number of hydrogen-bond acceptors (Lipinski definition) is 8. The number of nitrogens with zero attached hydrogens (tertiary/aromatic N) is 2. The summed E-state index contributed by atoms with van der Waals surface area (Å²) in [5.74, 6) is 9.25. The highest BCUT2D eigenvalue weighted by Gasteiger charge is 2.26. The monoisotopic (exact) mass is 496 g/mol. The molecule has 1 aliphatic heterocycles. The van der Waals surface area contributed by atoms with Crippen molar-refractivity contribution in [2.75, 3.05) is 32.6 Å². The summed E-state index contributed by atoms with van der Waals surface area (Å²) in [5, 5.41) is 18.1. The summed E-state index contributed by atoms with van der Waals surface area (Å²) in [6.45, 7) is 1.33. The van der Waals surface area contributed by atoms with E-state index >= 15 is 0 Å². The molecule has 1 aromatic heterocycles. The van der Waals surface area contributed by atoms with Gasteiger partial charge in [-0.1, -0.05) is 30.0 Å². The highest BCUT2D eigenvalue weighted by atomic mass is 16.5. The lowest BCUT2D eigenvalue weighted by atomic mass is 9.94. The van der Waals surface area contributed by atoms with Crippen molar-refractivity contribution in [3.63, 3.8) is 0 Å². The highest BCUT2D eigenvalue weighted by Crippen LogP contribution is 2.36. The average molecular weight is 497 g/mol. The number of aromatic nitrogens is 2. The highest BCUT2D eigenvalue weighted by molar-refractivity contribution is 5.93. The van der Waals surface area contributed by atoms with Gasteiger partial charge in [-0.05, 0) is 49.7 Å². The molecule has 3 N–H and O–H groups in total. The van der Waals surface area contributed by atoms with E-state index in [0.29, 0.717) is 47.1 Å². The standard InChI is InChI=1S/C29H28N4O4/c1-35-26-17-24-23(15-20(26)11-13-29(34)12-6-14-30-18-29)28(32-19-31-24)33-21-9-10-25(27(16-21)36-2)37-22-7-4-3-5-8-22/h3-5,7-10,15-17,19,30,34H,6,12,14,18H2,1-2H3,(H,31,32,33). The zero-order valence-corrected chi connectivity index (χ0v) is 20.7. The average Bonchev–Trinajstić information content (AvgIpc) is 2.93. The Hall–Kier alpha value is -4.32. The third-order valence-corrected chi connectivity index (χ3v) is 6.15. The molecule has 0 amide bonds. The van der Waals surface area contributed by atoms with E-state index < -0.39 is 5.60 Å². The first-order valence-corrected chi connectivity index (χ1v) is 12.0. The summed E-state index contributed by atoms with van der Waals surface area (Å²) in [4.78, 5) is 8.87. The van der Waals surface area contributed by atoms with Crippen molar-refractivity contribution >= 4 is 22.4 Å². The van der Waals surface area contributed by atoms with Crippen LogP contribution in [0.15, 0.2) is 67.0 Å². The Labute approximate surface area is 215 Å². The molecule has 2 heterocycles. The van der Waals surface area contributed by atoms with Gasteiger partial charge in [-0.3, -0.25) is 0 Å². The number of nitrogens with one attached hydrogen (secondary N) is 2. The zero-order valence-electron chi connectivity index (χ0n) is 20.7. The second-order valence-corrected chi connectivity index (χ2v) is 8.76. The van der Waals surface area contributed by atoms with Gasteiger partial charge in [0.25, 0.3) is 0 Å². The molecule has 8 heteroatoms. The molecule has 0 saturated carbocycles. The molecule has 5 rings (SSSR count). The number of methoxy groups -OCH3 is 2. The summed E-state index contributed by atoms with van der Waals surface area (Å²) in [7, 11) is 3.19. The fourth-order valence-electron chi connectivity index (χ4n) is 4.21. The number of anilines is 2. The van der Waals surface area contributed by atoms with Crippen LogP contribution in [0.25, 0.3) is 10.9 Å². The number of para-hydroxylation sites is 1. The second-order valence-electron chi connectivity index (χ2n) is 8.76. The minimum atomic E-state index is -1.06. The first kappa shape index (κ1) is 24.4. The van der Waals surface area contributed by atoms with Crippen LogP contribution in [0.5, 0.6) is 23.0 Å². The summed E-state index contributed by atoms with van der Waals surface area (Å²) in [6.07, 6.45) is 3.00. The van der Waals surface area contributed by atoms with E-state index in [0.717, 1.165) is 29.8 Å². The summed E-state index contributed by atoms with van der Waals surface area (Å²) >= 11 is 0. The molecule has 0 spiro atoms.